The van der Waals surface area contributed by atoms with Crippen molar-refractivity contribution in [3.05, 3.63) is 21.9 Å². The number of Topliss-reactive ketones (excluding diaryl/α,β-unsaturated/α-hetero) is 1. The molecular weight excluding hydrogens is 224 g/mol. The molecule has 0 spiro atoms. The van der Waals surface area contributed by atoms with Gasteiger partial charge in [-0.05, 0) is 19.9 Å². The van der Waals surface area contributed by atoms with Gasteiger partial charge in [-0.15, -0.1) is 23.2 Å². The number of ketones is 1. The smallest absolute Gasteiger partial charge is 0.348 e. The molecule has 1 heterocycles. The summed E-state index contributed by atoms with van der Waals surface area (Å²) in [5.41, 5.74) is 0.547. The molecule has 0 unspecified atom stereocenters. The molecule has 16 heavy (non-hydrogen) atoms. The lowest BCUT2D eigenvalue weighted by Crippen LogP contribution is -2.04. The molecule has 84 valence electrons. The number of rotatable bonds is 4. The summed E-state index contributed by atoms with van der Waals surface area (Å²) in [6, 6.07) is 1.56. The molecule has 0 saturated carbocycles. The van der Waals surface area contributed by atoms with Crippen molar-refractivity contribution in [2.45, 2.75) is 20.3 Å². The maximum atomic E-state index is 11.5. The van der Waals surface area contributed by atoms with Gasteiger partial charge < -0.3 is 4.74 Å². The summed E-state index contributed by atoms with van der Waals surface area (Å²) in [5.74, 6) is 5.08. The van der Waals surface area contributed by atoms with E-state index in [9.17, 15) is 9.59 Å². The fourth-order valence-corrected chi connectivity index (χ4v) is 1.86. The lowest BCUT2D eigenvalue weighted by Gasteiger charge is -1.98. The van der Waals surface area contributed by atoms with Crippen molar-refractivity contribution in [1.82, 2.24) is 0 Å². The average molecular weight is 236 g/mol. The lowest BCUT2D eigenvalue weighted by molar-refractivity contribution is 0.0519. The largest absolute Gasteiger partial charge is 0.460 e. The van der Waals surface area contributed by atoms with Gasteiger partial charge in [0, 0.05) is 17.4 Å². The fourth-order valence-electron chi connectivity index (χ4n) is 1.02. The minimum atomic E-state index is -0.393. The molecule has 0 fully saturated rings. The van der Waals surface area contributed by atoms with Crippen LogP contribution in [0.1, 0.15) is 40.3 Å². The van der Waals surface area contributed by atoms with Gasteiger partial charge >= 0.3 is 5.97 Å². The average Bonchev–Trinajstić information content (AvgIpc) is 2.73. The summed E-state index contributed by atoms with van der Waals surface area (Å²) in [6.45, 7) is 3.49. The summed E-state index contributed by atoms with van der Waals surface area (Å²) in [4.78, 5) is 22.9. The van der Waals surface area contributed by atoms with Crippen molar-refractivity contribution >= 4 is 23.1 Å². The fraction of sp³-hybridized carbons (Fsp3) is 0.333. The zero-order valence-corrected chi connectivity index (χ0v) is 10.0. The molecule has 0 radical (unpaired) electrons. The van der Waals surface area contributed by atoms with Crippen LogP contribution in [0.15, 0.2) is 11.4 Å². The number of hydrogen-bond donors (Lipinski definition) is 0. The van der Waals surface area contributed by atoms with E-state index in [1.165, 1.54) is 18.3 Å². The van der Waals surface area contributed by atoms with E-state index in [1.54, 1.807) is 18.4 Å². The van der Waals surface area contributed by atoms with E-state index in [0.717, 1.165) is 0 Å². The Hall–Kier alpha value is -1.60. The molecule has 0 aliphatic heterocycles. The highest BCUT2D eigenvalue weighted by molar-refractivity contribution is 7.12. The van der Waals surface area contributed by atoms with Crippen LogP contribution in [0, 0.1) is 11.8 Å². The molecule has 1 rings (SSSR count). The highest BCUT2D eigenvalue weighted by Crippen LogP contribution is 2.16. The Morgan fingerprint density at radius 3 is 2.81 bits per heavy atom. The third-order valence-corrected chi connectivity index (χ3v) is 2.75. The van der Waals surface area contributed by atoms with Crippen molar-refractivity contribution in [3.63, 3.8) is 0 Å². The van der Waals surface area contributed by atoms with Crippen molar-refractivity contribution in [3.8, 4) is 11.8 Å². The third kappa shape index (κ3) is 3.52. The quantitative estimate of drug-likeness (QED) is 0.349. The second-order valence-corrected chi connectivity index (χ2v) is 3.98. The Morgan fingerprint density at radius 1 is 1.50 bits per heavy atom. The molecule has 0 aliphatic carbocycles. The van der Waals surface area contributed by atoms with Crippen LogP contribution in [0.2, 0.25) is 0 Å². The maximum absolute atomic E-state index is 11.5. The van der Waals surface area contributed by atoms with Crippen LogP contribution in [0.25, 0.3) is 0 Å². The van der Waals surface area contributed by atoms with E-state index in [2.05, 4.69) is 11.8 Å². The van der Waals surface area contributed by atoms with Gasteiger partial charge in [-0.2, -0.15) is 0 Å². The zero-order chi connectivity index (χ0) is 12.0. The van der Waals surface area contributed by atoms with Gasteiger partial charge in [-0.1, -0.05) is 0 Å². The summed E-state index contributed by atoms with van der Waals surface area (Å²) >= 11 is 1.22. The minimum Gasteiger partial charge on any atom is -0.460 e. The van der Waals surface area contributed by atoms with Crippen molar-refractivity contribution in [2.24, 2.45) is 0 Å². The van der Waals surface area contributed by atoms with Gasteiger partial charge in [-0.25, -0.2) is 4.79 Å². The predicted molar refractivity (Wildman–Crippen MR) is 62.7 cm³/mol. The summed E-state index contributed by atoms with van der Waals surface area (Å²) in [7, 11) is 0. The number of esters is 1. The van der Waals surface area contributed by atoms with Gasteiger partial charge in [0.05, 0.1) is 0 Å². The van der Waals surface area contributed by atoms with E-state index in [0.29, 0.717) is 16.9 Å². The number of carbonyl (C=O) groups is 2. The van der Waals surface area contributed by atoms with Crippen LogP contribution in [0.4, 0.5) is 0 Å². The van der Waals surface area contributed by atoms with E-state index < -0.39 is 5.97 Å². The molecule has 0 atom stereocenters. The molecule has 4 heteroatoms. The number of ether oxygens (including phenoxy) is 1. The van der Waals surface area contributed by atoms with E-state index in [1.807, 2.05) is 0 Å². The Kier molecular flexibility index (Phi) is 4.74. The molecule has 3 nitrogen and oxygen atoms in total. The van der Waals surface area contributed by atoms with Gasteiger partial charge in [0.25, 0.3) is 0 Å². The number of hydrogen-bond acceptors (Lipinski definition) is 4. The first-order valence-corrected chi connectivity index (χ1v) is 5.69. The first-order chi connectivity index (χ1) is 7.65. The highest BCUT2D eigenvalue weighted by Gasteiger charge is 2.11. The van der Waals surface area contributed by atoms with Crippen molar-refractivity contribution in [2.75, 3.05) is 6.61 Å². The summed E-state index contributed by atoms with van der Waals surface area (Å²) < 4.78 is 4.98. The Morgan fingerprint density at radius 2 is 2.25 bits per heavy atom. The molecule has 0 N–H and O–H groups in total. The molecule has 0 aliphatic rings. The summed E-state index contributed by atoms with van der Waals surface area (Å²) in [5, 5.41) is 1.66. The number of thiophene rings is 1. The van der Waals surface area contributed by atoms with Crippen LogP contribution in [-0.2, 0) is 4.74 Å². The molecule has 1 aromatic heterocycles. The van der Waals surface area contributed by atoms with E-state index >= 15 is 0 Å². The molecule has 0 saturated heterocycles. The van der Waals surface area contributed by atoms with Gasteiger partial charge in [-0.3, -0.25) is 4.79 Å². The molecule has 0 aromatic carbocycles. The first kappa shape index (κ1) is 12.5. The van der Waals surface area contributed by atoms with E-state index in [4.69, 9.17) is 4.74 Å². The normalized spacial score (nSPS) is 9.12. The highest BCUT2D eigenvalue weighted by atomic mass is 32.1. The zero-order valence-electron chi connectivity index (χ0n) is 9.20. The Labute approximate surface area is 98.4 Å². The predicted octanol–water partition coefficient (Wildman–Crippen LogP) is 2.52. The van der Waals surface area contributed by atoms with Crippen LogP contribution >= 0.6 is 11.3 Å². The van der Waals surface area contributed by atoms with Crippen LogP contribution in [0.3, 0.4) is 0 Å². The third-order valence-electron chi connectivity index (χ3n) is 1.84. The van der Waals surface area contributed by atoms with Crippen LogP contribution in [0.5, 0.6) is 0 Å². The second-order valence-electron chi connectivity index (χ2n) is 3.07. The van der Waals surface area contributed by atoms with Gasteiger partial charge in [0.2, 0.25) is 0 Å². The second kappa shape index (κ2) is 6.09. The first-order valence-electron chi connectivity index (χ1n) is 4.81. The van der Waals surface area contributed by atoms with Crippen LogP contribution < -0.4 is 0 Å². The molecule has 1 aromatic rings. The van der Waals surface area contributed by atoms with Crippen LogP contribution in [-0.4, -0.2) is 18.4 Å². The standard InChI is InChI=1S/C12H12O3S/c1-3-4-5-6-15-12(14)11-7-10(8-16-11)9(2)13/h7-8H,5-6H2,1-2H3. The van der Waals surface area contributed by atoms with Crippen molar-refractivity contribution in [1.29, 1.82) is 0 Å². The minimum absolute atomic E-state index is 0.0489. The van der Waals surface area contributed by atoms with Gasteiger partial charge in [0.15, 0.2) is 5.78 Å². The lowest BCUT2D eigenvalue weighted by atomic mass is 10.2. The van der Waals surface area contributed by atoms with Gasteiger partial charge in [0.1, 0.15) is 11.5 Å². The molecular formula is C12H12O3S. The molecule has 0 amide bonds. The molecule has 0 bridgehead atoms. The van der Waals surface area contributed by atoms with Crippen molar-refractivity contribution < 1.29 is 14.3 Å². The Bertz CT molecular complexity index is 448. The Balaban J connectivity index is 2.51. The topological polar surface area (TPSA) is 43.4 Å². The number of carbonyl (C=O) groups excluding carboxylic acids is 2. The monoisotopic (exact) mass is 236 g/mol. The summed E-state index contributed by atoms with van der Waals surface area (Å²) in [6.07, 6.45) is 0.535. The van der Waals surface area contributed by atoms with E-state index in [-0.39, 0.29) is 12.4 Å². The SMILES string of the molecule is CC#CCCOC(=O)c1cc(C(C)=O)cs1. The maximum Gasteiger partial charge on any atom is 0.348 e.